The Morgan fingerprint density at radius 3 is 1.78 bits per heavy atom. The van der Waals surface area contributed by atoms with Gasteiger partial charge in [0.25, 0.3) is 0 Å². The van der Waals surface area contributed by atoms with Gasteiger partial charge >= 0.3 is 17.9 Å². The summed E-state index contributed by atoms with van der Waals surface area (Å²) < 4.78 is 0. The molecule has 0 bridgehead atoms. The van der Waals surface area contributed by atoms with Crippen LogP contribution < -0.4 is 0 Å². The van der Waals surface area contributed by atoms with Crippen molar-refractivity contribution in [2.75, 3.05) is 6.61 Å². The van der Waals surface area contributed by atoms with Crippen molar-refractivity contribution in [3.63, 3.8) is 0 Å². The van der Waals surface area contributed by atoms with Crippen LogP contribution in [-0.4, -0.2) is 44.9 Å². The predicted molar refractivity (Wildman–Crippen MR) is 58.1 cm³/mol. The molecule has 0 saturated carbocycles. The second-order valence-corrected chi connectivity index (χ2v) is 3.40. The Balaban J connectivity index is 3.64. The zero-order chi connectivity index (χ0) is 13.9. The predicted octanol–water partition coefficient (Wildman–Crippen LogP) is 0.316. The number of benzene rings is 1. The number of carbonyl (C=O) groups is 3. The molecule has 1 aromatic rings. The zero-order valence-electron chi connectivity index (χ0n) is 9.08. The lowest BCUT2D eigenvalue weighted by molar-refractivity contribution is 0.0647. The van der Waals surface area contributed by atoms with E-state index in [2.05, 4.69) is 0 Å². The number of hydrogen-bond donors (Lipinski definition) is 4. The molecule has 0 heterocycles. The molecule has 0 aromatic heterocycles. The van der Waals surface area contributed by atoms with E-state index < -0.39 is 35.6 Å². The Kier molecular flexibility index (Phi) is 4.01. The zero-order valence-corrected chi connectivity index (χ0v) is 9.08. The molecule has 0 unspecified atom stereocenters. The molecule has 96 valence electrons. The highest BCUT2D eigenvalue weighted by Gasteiger charge is 2.24. The highest BCUT2D eigenvalue weighted by atomic mass is 16.4. The Morgan fingerprint density at radius 2 is 1.39 bits per heavy atom. The standard InChI is InChI=1S/C11H10O7/c12-4-3-5-6(9(13)14)1-2-7(10(15)16)8(5)11(17)18/h1-2,12H,3-4H2,(H,13,14)(H,15,16)(H,17,18). The van der Waals surface area contributed by atoms with Crippen molar-refractivity contribution < 1.29 is 34.8 Å². The number of rotatable bonds is 5. The van der Waals surface area contributed by atoms with E-state index in [0.29, 0.717) is 0 Å². The summed E-state index contributed by atoms with van der Waals surface area (Å²) in [6.45, 7) is -0.483. The molecule has 1 rings (SSSR count). The number of aliphatic hydroxyl groups excluding tert-OH is 1. The van der Waals surface area contributed by atoms with Crippen molar-refractivity contribution in [2.24, 2.45) is 0 Å². The molecule has 0 fully saturated rings. The van der Waals surface area contributed by atoms with Crippen LogP contribution in [0.4, 0.5) is 0 Å². The minimum Gasteiger partial charge on any atom is -0.478 e. The van der Waals surface area contributed by atoms with E-state index >= 15 is 0 Å². The number of aromatic carboxylic acids is 3. The highest BCUT2D eigenvalue weighted by molar-refractivity contribution is 6.05. The van der Waals surface area contributed by atoms with Gasteiger partial charge in [-0.2, -0.15) is 0 Å². The summed E-state index contributed by atoms with van der Waals surface area (Å²) in [6, 6.07) is 1.94. The van der Waals surface area contributed by atoms with Crippen LogP contribution >= 0.6 is 0 Å². The fraction of sp³-hybridized carbons (Fsp3) is 0.182. The van der Waals surface area contributed by atoms with Gasteiger partial charge in [-0.15, -0.1) is 0 Å². The van der Waals surface area contributed by atoms with Crippen molar-refractivity contribution >= 4 is 17.9 Å². The second-order valence-electron chi connectivity index (χ2n) is 3.40. The maximum absolute atomic E-state index is 11.1. The molecule has 0 atom stereocenters. The van der Waals surface area contributed by atoms with E-state index in [-0.39, 0.29) is 17.5 Å². The Morgan fingerprint density at radius 1 is 0.889 bits per heavy atom. The number of hydrogen-bond acceptors (Lipinski definition) is 4. The Hall–Kier alpha value is -2.41. The molecule has 18 heavy (non-hydrogen) atoms. The number of carboxylic acids is 3. The van der Waals surface area contributed by atoms with Crippen LogP contribution in [0.25, 0.3) is 0 Å². The van der Waals surface area contributed by atoms with Crippen LogP contribution in [0.15, 0.2) is 12.1 Å². The van der Waals surface area contributed by atoms with E-state index in [4.69, 9.17) is 20.4 Å². The summed E-state index contributed by atoms with van der Waals surface area (Å²) >= 11 is 0. The highest BCUT2D eigenvalue weighted by Crippen LogP contribution is 2.21. The molecular formula is C11H10O7. The lowest BCUT2D eigenvalue weighted by atomic mass is 9.93. The molecule has 0 radical (unpaired) electrons. The van der Waals surface area contributed by atoms with Gasteiger partial charge < -0.3 is 20.4 Å². The smallest absolute Gasteiger partial charge is 0.336 e. The third-order valence-electron chi connectivity index (χ3n) is 2.35. The van der Waals surface area contributed by atoms with Crippen LogP contribution in [0, 0.1) is 0 Å². The Bertz CT molecular complexity index is 518. The third kappa shape index (κ3) is 2.46. The second kappa shape index (κ2) is 5.28. The van der Waals surface area contributed by atoms with Gasteiger partial charge in [0.1, 0.15) is 0 Å². The topological polar surface area (TPSA) is 132 Å². The van der Waals surface area contributed by atoms with Crippen LogP contribution in [-0.2, 0) is 6.42 Å². The average molecular weight is 254 g/mol. The average Bonchev–Trinajstić information content (AvgIpc) is 2.27. The summed E-state index contributed by atoms with van der Waals surface area (Å²) in [7, 11) is 0. The molecule has 1 aromatic carbocycles. The largest absolute Gasteiger partial charge is 0.478 e. The van der Waals surface area contributed by atoms with Crippen LogP contribution in [0.3, 0.4) is 0 Å². The van der Waals surface area contributed by atoms with Gasteiger partial charge in [-0.1, -0.05) is 0 Å². The van der Waals surface area contributed by atoms with Crippen LogP contribution in [0.1, 0.15) is 36.6 Å². The molecule has 0 aliphatic heterocycles. The fourth-order valence-electron chi connectivity index (χ4n) is 1.64. The first kappa shape index (κ1) is 13.7. The minimum atomic E-state index is -1.54. The van der Waals surface area contributed by atoms with E-state index in [1.165, 1.54) is 0 Å². The molecular weight excluding hydrogens is 244 g/mol. The molecule has 0 amide bonds. The van der Waals surface area contributed by atoms with Gasteiger partial charge in [0.2, 0.25) is 0 Å². The fourth-order valence-corrected chi connectivity index (χ4v) is 1.64. The summed E-state index contributed by atoms with van der Waals surface area (Å²) in [5, 5.41) is 35.6. The van der Waals surface area contributed by atoms with E-state index in [1.54, 1.807) is 0 Å². The van der Waals surface area contributed by atoms with Gasteiger partial charge in [0, 0.05) is 6.61 Å². The van der Waals surface area contributed by atoms with Gasteiger partial charge in [-0.3, -0.25) is 0 Å². The minimum absolute atomic E-state index is 0.197. The van der Waals surface area contributed by atoms with E-state index in [9.17, 15) is 14.4 Å². The first-order valence-corrected chi connectivity index (χ1v) is 4.86. The van der Waals surface area contributed by atoms with Gasteiger partial charge in [-0.05, 0) is 24.1 Å². The van der Waals surface area contributed by atoms with Crippen molar-refractivity contribution in [2.45, 2.75) is 6.42 Å². The summed E-state index contributed by atoms with van der Waals surface area (Å²) in [5.74, 6) is -4.39. The number of carboxylic acid groups (broad SMARTS) is 3. The number of aliphatic hydroxyl groups is 1. The molecule has 0 spiro atoms. The molecule has 7 nitrogen and oxygen atoms in total. The monoisotopic (exact) mass is 254 g/mol. The summed E-state index contributed by atoms with van der Waals surface area (Å²) in [5.41, 5.74) is -1.63. The normalized spacial score (nSPS) is 10.1. The molecule has 4 N–H and O–H groups in total. The van der Waals surface area contributed by atoms with E-state index in [1.807, 2.05) is 0 Å². The summed E-state index contributed by atoms with van der Waals surface area (Å²) in [6.07, 6.45) is -0.246. The summed E-state index contributed by atoms with van der Waals surface area (Å²) in [4.78, 5) is 32.9. The van der Waals surface area contributed by atoms with Crippen LogP contribution in [0.5, 0.6) is 0 Å². The van der Waals surface area contributed by atoms with Crippen molar-refractivity contribution in [1.29, 1.82) is 0 Å². The van der Waals surface area contributed by atoms with Gasteiger partial charge in [0.05, 0.1) is 16.7 Å². The van der Waals surface area contributed by atoms with Crippen molar-refractivity contribution in [3.8, 4) is 0 Å². The maximum Gasteiger partial charge on any atom is 0.336 e. The lowest BCUT2D eigenvalue weighted by Gasteiger charge is -2.11. The third-order valence-corrected chi connectivity index (χ3v) is 2.35. The van der Waals surface area contributed by atoms with Gasteiger partial charge in [0.15, 0.2) is 0 Å². The maximum atomic E-state index is 11.1. The quantitative estimate of drug-likeness (QED) is 0.594. The van der Waals surface area contributed by atoms with Crippen molar-refractivity contribution in [1.82, 2.24) is 0 Å². The molecule has 0 saturated heterocycles. The SMILES string of the molecule is O=C(O)c1ccc(C(=O)O)c(C(=O)O)c1CCO. The molecule has 0 aliphatic rings. The van der Waals surface area contributed by atoms with Gasteiger partial charge in [-0.25, -0.2) is 14.4 Å². The Labute approximate surface area is 101 Å². The van der Waals surface area contributed by atoms with Crippen LogP contribution in [0.2, 0.25) is 0 Å². The molecule has 7 heteroatoms. The first-order valence-electron chi connectivity index (χ1n) is 4.86. The first-order chi connectivity index (χ1) is 8.40. The van der Waals surface area contributed by atoms with E-state index in [0.717, 1.165) is 12.1 Å². The molecule has 0 aliphatic carbocycles. The lowest BCUT2D eigenvalue weighted by Crippen LogP contribution is -2.16. The van der Waals surface area contributed by atoms with Crippen molar-refractivity contribution in [3.05, 3.63) is 34.4 Å².